The number of benzene rings is 1. The molecule has 1 rings (SSSR count). The average molecular weight is 186 g/mol. The van der Waals surface area contributed by atoms with Crippen LogP contribution in [-0.4, -0.2) is 18.6 Å². The third kappa shape index (κ3) is 2.66. The molecule has 0 aliphatic heterocycles. The Morgan fingerprint density at radius 3 is 2.43 bits per heavy atom. The first kappa shape index (κ1) is 10.4. The van der Waals surface area contributed by atoms with Crippen molar-refractivity contribution >= 4 is 11.5 Å². The second kappa shape index (κ2) is 5.12. The molecule has 2 heteroatoms. The third-order valence-electron chi connectivity index (χ3n) is 1.87. The van der Waals surface area contributed by atoms with Gasteiger partial charge in [0, 0.05) is 12.6 Å². The van der Waals surface area contributed by atoms with Crippen LogP contribution in [0.15, 0.2) is 53.0 Å². The highest BCUT2D eigenvalue weighted by Gasteiger charge is 1.97. The Morgan fingerprint density at radius 2 is 1.93 bits per heavy atom. The van der Waals surface area contributed by atoms with E-state index in [1.165, 1.54) is 0 Å². The van der Waals surface area contributed by atoms with E-state index in [2.05, 4.69) is 16.6 Å². The van der Waals surface area contributed by atoms with Crippen LogP contribution in [0.25, 0.3) is 0 Å². The van der Waals surface area contributed by atoms with E-state index in [4.69, 9.17) is 0 Å². The van der Waals surface area contributed by atoms with E-state index >= 15 is 0 Å². The highest BCUT2D eigenvalue weighted by Crippen LogP contribution is 2.02. The van der Waals surface area contributed by atoms with E-state index in [1.807, 2.05) is 37.3 Å². The fraction of sp³-hybridized carbons (Fsp3) is 0.167. The van der Waals surface area contributed by atoms with E-state index in [0.717, 1.165) is 17.1 Å². The van der Waals surface area contributed by atoms with Gasteiger partial charge in [0.2, 0.25) is 0 Å². The molecule has 0 aliphatic carbocycles. The Morgan fingerprint density at radius 1 is 1.29 bits per heavy atom. The lowest BCUT2D eigenvalue weighted by molar-refractivity contribution is 1.38. The molecule has 0 N–H and O–H groups in total. The molecule has 0 saturated carbocycles. The Kier molecular flexibility index (Phi) is 3.80. The lowest BCUT2D eigenvalue weighted by Gasteiger charge is -2.00. The summed E-state index contributed by atoms with van der Waals surface area (Å²) in [5.41, 5.74) is 1.92. The zero-order valence-corrected chi connectivity index (χ0v) is 8.57. The third-order valence-corrected chi connectivity index (χ3v) is 1.87. The Labute approximate surface area is 84.7 Å². The topological polar surface area (TPSA) is 24.7 Å². The van der Waals surface area contributed by atoms with Gasteiger partial charge >= 0.3 is 0 Å². The van der Waals surface area contributed by atoms with E-state index in [-0.39, 0.29) is 0 Å². The molecule has 0 atom stereocenters. The summed E-state index contributed by atoms with van der Waals surface area (Å²) in [4.78, 5) is 8.32. The molecule has 1 aromatic rings. The van der Waals surface area contributed by atoms with Crippen molar-refractivity contribution in [2.24, 2.45) is 9.98 Å². The maximum absolute atomic E-state index is 4.33. The standard InChI is InChI=1S/C12H14N2/c1-4-12(14-10(2)13-3)11-8-6-5-7-9-11/h4-9H,1H2,2-3H3. The van der Waals surface area contributed by atoms with Crippen molar-refractivity contribution in [3.63, 3.8) is 0 Å². The number of aliphatic imine (C=N–C) groups is 2. The van der Waals surface area contributed by atoms with Gasteiger partial charge in [0.15, 0.2) is 0 Å². The van der Waals surface area contributed by atoms with Crippen LogP contribution in [0.2, 0.25) is 0 Å². The molecule has 0 fully saturated rings. The maximum atomic E-state index is 4.33. The van der Waals surface area contributed by atoms with E-state index in [9.17, 15) is 0 Å². The second-order valence-electron chi connectivity index (χ2n) is 2.84. The van der Waals surface area contributed by atoms with Crippen LogP contribution >= 0.6 is 0 Å². The minimum absolute atomic E-state index is 0.753. The first-order valence-corrected chi connectivity index (χ1v) is 4.48. The molecule has 0 aliphatic rings. The molecule has 0 aromatic heterocycles. The van der Waals surface area contributed by atoms with Gasteiger partial charge < -0.3 is 0 Å². The van der Waals surface area contributed by atoms with Crippen LogP contribution in [0.4, 0.5) is 0 Å². The molecule has 0 radical (unpaired) electrons. The Hall–Kier alpha value is -1.70. The van der Waals surface area contributed by atoms with Crippen LogP contribution in [0.5, 0.6) is 0 Å². The molecule has 0 saturated heterocycles. The predicted molar refractivity (Wildman–Crippen MR) is 62.2 cm³/mol. The van der Waals surface area contributed by atoms with Crippen molar-refractivity contribution in [1.82, 2.24) is 0 Å². The number of nitrogens with zero attached hydrogens (tertiary/aromatic N) is 2. The van der Waals surface area contributed by atoms with Gasteiger partial charge in [0.1, 0.15) is 5.84 Å². The van der Waals surface area contributed by atoms with Crippen molar-refractivity contribution in [2.75, 3.05) is 7.05 Å². The number of hydrogen-bond acceptors (Lipinski definition) is 1. The van der Waals surface area contributed by atoms with Crippen molar-refractivity contribution in [1.29, 1.82) is 0 Å². The molecule has 0 amide bonds. The normalized spacial score (nSPS) is 12.7. The van der Waals surface area contributed by atoms with E-state index in [0.29, 0.717) is 0 Å². The lowest BCUT2D eigenvalue weighted by Crippen LogP contribution is -1.99. The van der Waals surface area contributed by atoms with Gasteiger partial charge in [-0.25, -0.2) is 4.99 Å². The first-order chi connectivity index (χ1) is 6.77. The van der Waals surface area contributed by atoms with Gasteiger partial charge in [0.05, 0.1) is 5.71 Å². The summed E-state index contributed by atoms with van der Waals surface area (Å²) in [6, 6.07) is 9.94. The largest absolute Gasteiger partial charge is 0.274 e. The van der Waals surface area contributed by atoms with Gasteiger partial charge in [-0.3, -0.25) is 4.99 Å². The summed E-state index contributed by atoms with van der Waals surface area (Å²) in [6.45, 7) is 5.61. The first-order valence-electron chi connectivity index (χ1n) is 4.48. The summed E-state index contributed by atoms with van der Waals surface area (Å²) in [5, 5.41) is 0. The number of rotatable bonds is 2. The predicted octanol–water partition coefficient (Wildman–Crippen LogP) is 2.71. The number of amidine groups is 1. The van der Waals surface area contributed by atoms with Crippen LogP contribution in [-0.2, 0) is 0 Å². The van der Waals surface area contributed by atoms with Gasteiger partial charge in [-0.15, -0.1) is 0 Å². The highest BCUT2D eigenvalue weighted by molar-refractivity contribution is 6.13. The second-order valence-corrected chi connectivity index (χ2v) is 2.84. The summed E-state index contributed by atoms with van der Waals surface area (Å²) >= 11 is 0. The molecule has 0 heterocycles. The van der Waals surface area contributed by atoms with E-state index < -0.39 is 0 Å². The SMILES string of the molecule is C=CC(=NC(C)=NC)c1ccccc1. The molecule has 1 aromatic carbocycles. The van der Waals surface area contributed by atoms with Crippen molar-refractivity contribution in [3.05, 3.63) is 48.6 Å². The fourth-order valence-corrected chi connectivity index (χ4v) is 1.06. The molecule has 0 unspecified atom stereocenters. The maximum Gasteiger partial charge on any atom is 0.120 e. The van der Waals surface area contributed by atoms with Gasteiger partial charge in [-0.05, 0) is 13.0 Å². The molecular formula is C12H14N2. The summed E-state index contributed by atoms with van der Waals surface area (Å²) in [6.07, 6.45) is 1.74. The lowest BCUT2D eigenvalue weighted by atomic mass is 10.1. The van der Waals surface area contributed by atoms with Crippen LogP contribution < -0.4 is 0 Å². The molecule has 0 spiro atoms. The monoisotopic (exact) mass is 186 g/mol. The molecule has 72 valence electrons. The zero-order valence-electron chi connectivity index (χ0n) is 8.57. The number of hydrogen-bond donors (Lipinski definition) is 0. The number of allylic oxidation sites excluding steroid dienone is 1. The van der Waals surface area contributed by atoms with Gasteiger partial charge in [-0.2, -0.15) is 0 Å². The van der Waals surface area contributed by atoms with Crippen LogP contribution in [0, 0.1) is 0 Å². The zero-order chi connectivity index (χ0) is 10.4. The van der Waals surface area contributed by atoms with Crippen molar-refractivity contribution in [3.8, 4) is 0 Å². The summed E-state index contributed by atoms with van der Waals surface area (Å²) in [5.74, 6) is 0.753. The minimum Gasteiger partial charge on any atom is -0.274 e. The van der Waals surface area contributed by atoms with Crippen molar-refractivity contribution in [2.45, 2.75) is 6.92 Å². The van der Waals surface area contributed by atoms with Gasteiger partial charge in [-0.1, -0.05) is 36.9 Å². The van der Waals surface area contributed by atoms with Crippen molar-refractivity contribution < 1.29 is 0 Å². The Balaban J connectivity index is 3.05. The smallest absolute Gasteiger partial charge is 0.120 e. The quantitative estimate of drug-likeness (QED) is 0.501. The highest BCUT2D eigenvalue weighted by atomic mass is 14.9. The van der Waals surface area contributed by atoms with Gasteiger partial charge in [0.25, 0.3) is 0 Å². The summed E-state index contributed by atoms with van der Waals surface area (Å²) < 4.78 is 0. The molecule has 2 nitrogen and oxygen atoms in total. The molecule has 0 bridgehead atoms. The minimum atomic E-state index is 0.753. The molecule has 14 heavy (non-hydrogen) atoms. The fourth-order valence-electron chi connectivity index (χ4n) is 1.06. The van der Waals surface area contributed by atoms with E-state index in [1.54, 1.807) is 13.1 Å². The van der Waals surface area contributed by atoms with Crippen LogP contribution in [0.1, 0.15) is 12.5 Å². The average Bonchev–Trinajstić information content (AvgIpc) is 2.26. The summed E-state index contributed by atoms with van der Waals surface area (Å²) in [7, 11) is 1.73. The Bertz CT molecular complexity index is 361. The van der Waals surface area contributed by atoms with Crippen LogP contribution in [0.3, 0.4) is 0 Å². The molecular weight excluding hydrogens is 172 g/mol.